The Kier molecular flexibility index (Phi) is 8.69. The van der Waals surface area contributed by atoms with Crippen LogP contribution < -0.4 is 20.7 Å². The number of aryl methyl sites for hydroxylation is 3. The standard InChI is InChI=1S/C35H41N5O6/c1-18(2)31-34(44)37-20(4)35(45)40-17-24(41)16-29(40)33(43)36-10-11-46-30-9-8-23(14-26(30)32(42)39-31)27-12-19(3)25-13-21-6-5-7-22(21)15-28(25)38-27/h8-9,12-15,18,20,24,29,31,41H,5-7,10-11,16-17H2,1-4H3,(H,36,43)(H,37,44)(H,39,42)/t20-,24+,29+,31+/m1/s1. The topological polar surface area (TPSA) is 150 Å². The fourth-order valence-electron chi connectivity index (χ4n) is 6.73. The maximum absolute atomic E-state index is 13.9. The molecular formula is C35H41N5O6. The molecule has 46 heavy (non-hydrogen) atoms. The molecule has 1 aliphatic carbocycles. The van der Waals surface area contributed by atoms with Gasteiger partial charge < -0.3 is 30.7 Å². The maximum atomic E-state index is 13.9. The van der Waals surface area contributed by atoms with Crippen LogP contribution in [-0.4, -0.2) is 82.5 Å². The van der Waals surface area contributed by atoms with Gasteiger partial charge in [-0.3, -0.25) is 19.2 Å². The molecule has 4 N–H and O–H groups in total. The van der Waals surface area contributed by atoms with Crippen LogP contribution in [0.3, 0.4) is 0 Å². The number of fused-ring (bicyclic) bond motifs is 4. The van der Waals surface area contributed by atoms with Gasteiger partial charge in [-0.2, -0.15) is 0 Å². The van der Waals surface area contributed by atoms with Crippen LogP contribution in [0.15, 0.2) is 36.4 Å². The largest absolute Gasteiger partial charge is 0.491 e. The average molecular weight is 628 g/mol. The highest BCUT2D eigenvalue weighted by Crippen LogP contribution is 2.32. The summed E-state index contributed by atoms with van der Waals surface area (Å²) in [6.07, 6.45) is 2.52. The second kappa shape index (κ2) is 12.7. The Morgan fingerprint density at radius 2 is 1.76 bits per heavy atom. The molecule has 3 aromatic rings. The lowest BCUT2D eigenvalue weighted by molar-refractivity contribution is -0.141. The lowest BCUT2D eigenvalue weighted by Crippen LogP contribution is -2.57. The predicted molar refractivity (Wildman–Crippen MR) is 172 cm³/mol. The van der Waals surface area contributed by atoms with Gasteiger partial charge >= 0.3 is 0 Å². The van der Waals surface area contributed by atoms with E-state index in [1.165, 1.54) is 23.0 Å². The van der Waals surface area contributed by atoms with Gasteiger partial charge in [0.15, 0.2) is 0 Å². The van der Waals surface area contributed by atoms with Crippen molar-refractivity contribution in [2.75, 3.05) is 19.7 Å². The predicted octanol–water partition coefficient (Wildman–Crippen LogP) is 2.43. The number of nitrogens with zero attached hydrogens (tertiary/aromatic N) is 2. The molecule has 3 aliphatic rings. The molecule has 3 heterocycles. The number of nitrogens with one attached hydrogen (secondary N) is 3. The number of hydrogen-bond donors (Lipinski definition) is 4. The van der Waals surface area contributed by atoms with Crippen molar-refractivity contribution in [3.8, 4) is 17.0 Å². The van der Waals surface area contributed by atoms with Gasteiger partial charge in [0.25, 0.3) is 5.91 Å². The van der Waals surface area contributed by atoms with Crippen LogP contribution in [0, 0.1) is 12.8 Å². The number of aliphatic hydroxyl groups excluding tert-OH is 1. The van der Waals surface area contributed by atoms with E-state index in [9.17, 15) is 24.3 Å². The zero-order valence-electron chi connectivity index (χ0n) is 26.7. The number of hydrogen-bond acceptors (Lipinski definition) is 7. The first-order valence-corrected chi connectivity index (χ1v) is 16.1. The summed E-state index contributed by atoms with van der Waals surface area (Å²) in [4.78, 5) is 59.9. The van der Waals surface area contributed by atoms with Gasteiger partial charge in [-0.05, 0) is 92.1 Å². The van der Waals surface area contributed by atoms with E-state index in [1.54, 1.807) is 26.0 Å². The first-order chi connectivity index (χ1) is 22.0. The molecule has 0 saturated carbocycles. The highest BCUT2D eigenvalue weighted by Gasteiger charge is 2.41. The zero-order valence-corrected chi connectivity index (χ0v) is 26.7. The lowest BCUT2D eigenvalue weighted by Gasteiger charge is -2.29. The van der Waals surface area contributed by atoms with Crippen molar-refractivity contribution in [1.82, 2.24) is 25.8 Å². The average Bonchev–Trinajstić information content (AvgIpc) is 3.65. The first-order valence-electron chi connectivity index (χ1n) is 16.1. The van der Waals surface area contributed by atoms with E-state index in [-0.39, 0.29) is 37.6 Å². The van der Waals surface area contributed by atoms with Crippen LogP contribution in [-0.2, 0) is 27.2 Å². The molecule has 11 heteroatoms. The molecule has 2 aromatic carbocycles. The van der Waals surface area contributed by atoms with E-state index in [0.717, 1.165) is 41.3 Å². The van der Waals surface area contributed by atoms with Crippen molar-refractivity contribution < 1.29 is 29.0 Å². The van der Waals surface area contributed by atoms with E-state index >= 15 is 0 Å². The summed E-state index contributed by atoms with van der Waals surface area (Å²) < 4.78 is 6.01. The van der Waals surface area contributed by atoms with E-state index in [0.29, 0.717) is 11.4 Å². The Bertz CT molecular complexity index is 1720. The van der Waals surface area contributed by atoms with Crippen molar-refractivity contribution in [3.05, 3.63) is 58.7 Å². The molecule has 242 valence electrons. The smallest absolute Gasteiger partial charge is 0.255 e. The number of rotatable bonds is 2. The Morgan fingerprint density at radius 3 is 2.52 bits per heavy atom. The number of aromatic nitrogens is 1. The number of amides is 4. The molecule has 1 aromatic heterocycles. The molecule has 4 amide bonds. The van der Waals surface area contributed by atoms with Gasteiger partial charge in [-0.1, -0.05) is 13.8 Å². The molecule has 0 spiro atoms. The minimum absolute atomic E-state index is 0.0124. The number of benzene rings is 2. The van der Waals surface area contributed by atoms with Crippen LogP contribution in [0.25, 0.3) is 22.2 Å². The van der Waals surface area contributed by atoms with Crippen LogP contribution in [0.1, 0.15) is 60.7 Å². The highest BCUT2D eigenvalue weighted by atomic mass is 16.5. The number of carbonyl (C=O) groups excluding carboxylic acids is 4. The van der Waals surface area contributed by atoms with Gasteiger partial charge in [0.1, 0.15) is 30.5 Å². The van der Waals surface area contributed by atoms with Gasteiger partial charge in [0, 0.05) is 23.9 Å². The summed E-state index contributed by atoms with van der Waals surface area (Å²) in [6, 6.07) is 8.89. The van der Waals surface area contributed by atoms with Crippen molar-refractivity contribution in [3.63, 3.8) is 0 Å². The van der Waals surface area contributed by atoms with E-state index < -0.39 is 47.9 Å². The molecule has 4 atom stereocenters. The normalized spacial score (nSPS) is 24.2. The number of carbonyl (C=O) groups is 4. The number of pyridine rings is 1. The van der Waals surface area contributed by atoms with Gasteiger partial charge in [0.2, 0.25) is 17.7 Å². The number of ether oxygens (including phenoxy) is 1. The summed E-state index contributed by atoms with van der Waals surface area (Å²) in [5.41, 5.74) is 6.37. The maximum Gasteiger partial charge on any atom is 0.255 e. The third-order valence-corrected chi connectivity index (χ3v) is 9.24. The van der Waals surface area contributed by atoms with Crippen LogP contribution in [0.4, 0.5) is 0 Å². The summed E-state index contributed by atoms with van der Waals surface area (Å²) >= 11 is 0. The van der Waals surface area contributed by atoms with Gasteiger partial charge in [0.05, 0.1) is 29.4 Å². The quantitative estimate of drug-likeness (QED) is 0.341. The highest BCUT2D eigenvalue weighted by molar-refractivity contribution is 6.01. The van der Waals surface area contributed by atoms with Crippen molar-refractivity contribution >= 4 is 34.5 Å². The molecule has 0 unspecified atom stereocenters. The Hall–Kier alpha value is -4.51. The van der Waals surface area contributed by atoms with E-state index in [4.69, 9.17) is 9.72 Å². The van der Waals surface area contributed by atoms with Crippen LogP contribution in [0.2, 0.25) is 0 Å². The summed E-state index contributed by atoms with van der Waals surface area (Å²) in [5, 5.41) is 19.7. The monoisotopic (exact) mass is 627 g/mol. The van der Waals surface area contributed by atoms with E-state index in [2.05, 4.69) is 35.0 Å². The van der Waals surface area contributed by atoms with E-state index in [1.807, 2.05) is 12.1 Å². The third kappa shape index (κ3) is 6.16. The fraction of sp³-hybridized carbons (Fsp3) is 0.457. The third-order valence-electron chi connectivity index (χ3n) is 9.24. The van der Waals surface area contributed by atoms with Crippen molar-refractivity contribution in [1.29, 1.82) is 0 Å². The fourth-order valence-corrected chi connectivity index (χ4v) is 6.73. The van der Waals surface area contributed by atoms with Crippen molar-refractivity contribution in [2.45, 2.75) is 77.6 Å². The first kappa shape index (κ1) is 31.5. The van der Waals surface area contributed by atoms with Crippen LogP contribution in [0.5, 0.6) is 5.75 Å². The zero-order chi connectivity index (χ0) is 32.7. The SMILES string of the molecule is Cc1cc(-c2ccc3c(c2)C(=O)N[C@@H](C(C)C)C(=O)N[C@H](C)C(=O)N2C[C@@H](O)C[C@H]2C(=O)NCCO3)nc2cc3c(cc12)CCC3. The van der Waals surface area contributed by atoms with Crippen molar-refractivity contribution in [2.24, 2.45) is 5.92 Å². The minimum Gasteiger partial charge on any atom is -0.491 e. The summed E-state index contributed by atoms with van der Waals surface area (Å²) in [6.45, 7) is 7.36. The number of aliphatic hydroxyl groups is 1. The molecule has 1 fully saturated rings. The van der Waals surface area contributed by atoms with Gasteiger partial charge in [-0.15, -0.1) is 0 Å². The molecule has 6 rings (SSSR count). The van der Waals surface area contributed by atoms with Gasteiger partial charge in [-0.25, -0.2) is 4.98 Å². The molecular weight excluding hydrogens is 586 g/mol. The molecule has 2 aliphatic heterocycles. The molecule has 1 saturated heterocycles. The lowest BCUT2D eigenvalue weighted by atomic mass is 9.99. The Labute approximate surface area is 268 Å². The Morgan fingerprint density at radius 1 is 1.00 bits per heavy atom. The molecule has 0 bridgehead atoms. The summed E-state index contributed by atoms with van der Waals surface area (Å²) in [7, 11) is 0. The summed E-state index contributed by atoms with van der Waals surface area (Å²) in [5.74, 6) is -1.97. The second-order valence-corrected chi connectivity index (χ2v) is 13.0. The minimum atomic E-state index is -0.982. The Balaban J connectivity index is 1.35. The molecule has 0 radical (unpaired) electrons. The second-order valence-electron chi connectivity index (χ2n) is 13.0. The molecule has 11 nitrogen and oxygen atoms in total. The van der Waals surface area contributed by atoms with Crippen LogP contribution >= 0.6 is 0 Å².